The van der Waals surface area contributed by atoms with Crippen LogP contribution < -0.4 is 10.0 Å². The molecule has 0 bridgehead atoms. The van der Waals surface area contributed by atoms with E-state index in [1.807, 2.05) is 0 Å². The Bertz CT molecular complexity index is 889. The monoisotopic (exact) mass is 377 g/mol. The summed E-state index contributed by atoms with van der Waals surface area (Å²) in [6, 6.07) is 13.2. The molecule has 0 amide bonds. The van der Waals surface area contributed by atoms with Crippen LogP contribution in [0.5, 0.6) is 0 Å². The number of para-hydroxylation sites is 1. The van der Waals surface area contributed by atoms with E-state index in [1.54, 1.807) is 63.2 Å². The molecule has 140 valence electrons. The summed E-state index contributed by atoms with van der Waals surface area (Å²) in [5, 5.41) is 14.2. The van der Waals surface area contributed by atoms with Crippen LogP contribution in [0, 0.1) is 10.1 Å². The van der Waals surface area contributed by atoms with Crippen molar-refractivity contribution < 1.29 is 13.3 Å². The quantitative estimate of drug-likeness (QED) is 0.571. The Labute approximate surface area is 153 Å². The predicted octanol–water partition coefficient (Wildman–Crippen LogP) is 2.96. The van der Waals surface area contributed by atoms with Crippen molar-refractivity contribution >= 4 is 15.7 Å². The fraction of sp³-hybridized carbons (Fsp3) is 0.333. The number of nitrogens with one attached hydrogen (secondary N) is 2. The van der Waals surface area contributed by atoms with Gasteiger partial charge in [0.05, 0.1) is 9.82 Å². The second kappa shape index (κ2) is 7.94. The Hall–Kier alpha value is -2.29. The van der Waals surface area contributed by atoms with Crippen LogP contribution >= 0.6 is 0 Å². The van der Waals surface area contributed by atoms with Crippen molar-refractivity contribution in [2.24, 2.45) is 0 Å². The summed E-state index contributed by atoms with van der Waals surface area (Å²) in [6.45, 7) is 5.87. The van der Waals surface area contributed by atoms with Crippen molar-refractivity contribution in [1.82, 2.24) is 10.0 Å². The number of benzene rings is 2. The molecule has 7 nitrogen and oxygen atoms in total. The van der Waals surface area contributed by atoms with Gasteiger partial charge >= 0.3 is 0 Å². The lowest BCUT2D eigenvalue weighted by atomic mass is 10.1. The first-order valence-electron chi connectivity index (χ1n) is 8.15. The smallest absolute Gasteiger partial charge is 0.273 e. The van der Waals surface area contributed by atoms with Gasteiger partial charge in [-0.3, -0.25) is 10.1 Å². The van der Waals surface area contributed by atoms with Gasteiger partial charge in [0.25, 0.3) is 5.69 Å². The normalized spacial score (nSPS) is 12.1. The van der Waals surface area contributed by atoms with Gasteiger partial charge in [0.15, 0.2) is 0 Å². The number of rotatable bonds is 7. The van der Waals surface area contributed by atoms with Crippen LogP contribution in [0.2, 0.25) is 0 Å². The lowest BCUT2D eigenvalue weighted by molar-refractivity contribution is -0.385. The Morgan fingerprint density at radius 2 is 1.50 bits per heavy atom. The van der Waals surface area contributed by atoms with Crippen LogP contribution in [0.15, 0.2) is 53.4 Å². The molecule has 0 saturated carbocycles. The van der Waals surface area contributed by atoms with Crippen LogP contribution in [0.3, 0.4) is 0 Å². The van der Waals surface area contributed by atoms with Crippen molar-refractivity contribution in [1.29, 1.82) is 0 Å². The van der Waals surface area contributed by atoms with Gasteiger partial charge in [0.2, 0.25) is 10.0 Å². The van der Waals surface area contributed by atoms with Crippen LogP contribution in [0.4, 0.5) is 5.69 Å². The minimum atomic E-state index is -3.66. The lowest BCUT2D eigenvalue weighted by Crippen LogP contribution is -2.40. The van der Waals surface area contributed by atoms with E-state index < -0.39 is 20.5 Å². The Morgan fingerprint density at radius 3 is 2.12 bits per heavy atom. The molecule has 2 aromatic rings. The summed E-state index contributed by atoms with van der Waals surface area (Å²) in [5.41, 5.74) is 0.591. The van der Waals surface area contributed by atoms with Crippen molar-refractivity contribution in [3.05, 3.63) is 69.8 Å². The van der Waals surface area contributed by atoms with E-state index in [1.165, 1.54) is 6.07 Å². The van der Waals surface area contributed by atoms with Gasteiger partial charge in [-0.05, 0) is 32.4 Å². The molecule has 0 atom stereocenters. The van der Waals surface area contributed by atoms with Crippen LogP contribution in [-0.2, 0) is 23.1 Å². The van der Waals surface area contributed by atoms with Crippen molar-refractivity contribution in [2.75, 3.05) is 0 Å². The predicted molar refractivity (Wildman–Crippen MR) is 100 cm³/mol. The Balaban J connectivity index is 2.16. The molecule has 0 aromatic heterocycles. The topological polar surface area (TPSA) is 101 Å². The number of nitro groups is 1. The van der Waals surface area contributed by atoms with E-state index in [4.69, 9.17) is 0 Å². The zero-order valence-electron chi connectivity index (χ0n) is 15.0. The average Bonchev–Trinajstić information content (AvgIpc) is 2.53. The molecule has 2 rings (SSSR count). The minimum absolute atomic E-state index is 0.0373. The third-order valence-corrected chi connectivity index (χ3v) is 5.38. The molecule has 26 heavy (non-hydrogen) atoms. The second-order valence-electron chi connectivity index (χ2n) is 6.95. The fourth-order valence-corrected chi connectivity index (χ4v) is 4.20. The highest BCUT2D eigenvalue weighted by Gasteiger charge is 2.24. The number of sulfonamides is 1. The molecular formula is C18H23N3O4S. The van der Waals surface area contributed by atoms with E-state index in [-0.39, 0.29) is 23.7 Å². The zero-order valence-corrected chi connectivity index (χ0v) is 15.8. The molecule has 0 aliphatic carbocycles. The van der Waals surface area contributed by atoms with Crippen LogP contribution in [0.1, 0.15) is 31.9 Å². The van der Waals surface area contributed by atoms with Crippen LogP contribution in [0.25, 0.3) is 0 Å². The van der Waals surface area contributed by atoms with Gasteiger partial charge in [-0.2, -0.15) is 0 Å². The van der Waals surface area contributed by atoms with E-state index in [0.29, 0.717) is 11.1 Å². The molecule has 0 radical (unpaired) electrons. The first kappa shape index (κ1) is 20.0. The van der Waals surface area contributed by atoms with E-state index in [2.05, 4.69) is 10.0 Å². The number of hydrogen-bond acceptors (Lipinski definition) is 5. The first-order valence-corrected chi connectivity index (χ1v) is 9.63. The van der Waals surface area contributed by atoms with E-state index >= 15 is 0 Å². The number of hydrogen-bond donors (Lipinski definition) is 2. The second-order valence-corrected chi connectivity index (χ2v) is 8.60. The SMILES string of the molecule is CC(C)(C)NS(=O)(=O)c1ccccc1CNCc1ccccc1[N+](=O)[O-]. The van der Waals surface area contributed by atoms with Crippen LogP contribution in [-0.4, -0.2) is 18.9 Å². The molecule has 0 fully saturated rings. The molecule has 0 saturated heterocycles. The highest BCUT2D eigenvalue weighted by molar-refractivity contribution is 7.89. The molecule has 8 heteroatoms. The molecule has 0 aliphatic heterocycles. The third kappa shape index (κ3) is 5.35. The standard InChI is InChI=1S/C18H23N3O4S/c1-18(2,3)20-26(24,25)17-11-7-5-9-15(17)13-19-12-14-8-4-6-10-16(14)21(22)23/h4-11,19-20H,12-13H2,1-3H3. The number of nitro benzene ring substituents is 1. The molecular weight excluding hydrogens is 354 g/mol. The molecule has 2 aromatic carbocycles. The van der Waals surface area contributed by atoms with E-state index in [9.17, 15) is 18.5 Å². The molecule has 0 unspecified atom stereocenters. The van der Waals surface area contributed by atoms with Crippen molar-refractivity contribution in [3.63, 3.8) is 0 Å². The molecule has 2 N–H and O–H groups in total. The summed E-state index contributed by atoms with van der Waals surface area (Å²) in [7, 11) is -3.66. The van der Waals surface area contributed by atoms with Gasteiger partial charge in [0, 0.05) is 30.3 Å². The van der Waals surface area contributed by atoms with E-state index in [0.717, 1.165) is 0 Å². The Kier molecular flexibility index (Phi) is 6.12. The number of nitrogens with zero attached hydrogens (tertiary/aromatic N) is 1. The maximum absolute atomic E-state index is 12.6. The first-order chi connectivity index (χ1) is 12.1. The minimum Gasteiger partial charge on any atom is -0.308 e. The van der Waals surface area contributed by atoms with Gasteiger partial charge in [0.1, 0.15) is 0 Å². The average molecular weight is 377 g/mol. The third-order valence-electron chi connectivity index (χ3n) is 3.52. The molecule has 0 spiro atoms. The molecule has 0 aliphatic rings. The van der Waals surface area contributed by atoms with Gasteiger partial charge < -0.3 is 5.32 Å². The van der Waals surface area contributed by atoms with Gasteiger partial charge in [-0.15, -0.1) is 0 Å². The summed E-state index contributed by atoms with van der Waals surface area (Å²) < 4.78 is 27.9. The summed E-state index contributed by atoms with van der Waals surface area (Å²) >= 11 is 0. The molecule has 0 heterocycles. The van der Waals surface area contributed by atoms with Crippen molar-refractivity contribution in [2.45, 2.75) is 44.3 Å². The summed E-state index contributed by atoms with van der Waals surface area (Å²) in [6.07, 6.45) is 0. The summed E-state index contributed by atoms with van der Waals surface area (Å²) in [4.78, 5) is 10.8. The summed E-state index contributed by atoms with van der Waals surface area (Å²) in [5.74, 6) is 0. The highest BCUT2D eigenvalue weighted by Crippen LogP contribution is 2.20. The van der Waals surface area contributed by atoms with Crippen molar-refractivity contribution in [3.8, 4) is 0 Å². The lowest BCUT2D eigenvalue weighted by Gasteiger charge is -2.21. The maximum Gasteiger partial charge on any atom is 0.273 e. The highest BCUT2D eigenvalue weighted by atomic mass is 32.2. The zero-order chi connectivity index (χ0) is 19.4. The maximum atomic E-state index is 12.6. The van der Waals surface area contributed by atoms with Gasteiger partial charge in [-0.25, -0.2) is 13.1 Å². The van der Waals surface area contributed by atoms with Gasteiger partial charge in [-0.1, -0.05) is 36.4 Å². The Morgan fingerprint density at radius 1 is 0.962 bits per heavy atom. The largest absolute Gasteiger partial charge is 0.308 e. The fourth-order valence-electron chi connectivity index (χ4n) is 2.54.